The molecule has 1 nitrogen and oxygen atoms in total. The Morgan fingerprint density at radius 3 is 2.15 bits per heavy atom. The lowest BCUT2D eigenvalue weighted by molar-refractivity contribution is -0.0531. The van der Waals surface area contributed by atoms with Gasteiger partial charge < -0.3 is 4.74 Å². The predicted molar refractivity (Wildman–Crippen MR) is 103 cm³/mol. The third kappa shape index (κ3) is 5.13. The number of hydrogen-bond donors (Lipinski definition) is 0. The lowest BCUT2D eigenvalue weighted by Gasteiger charge is -2.38. The topological polar surface area (TPSA) is 9.23 Å². The molecule has 0 aliphatic heterocycles. The first-order valence-corrected chi connectivity index (χ1v) is 10.8. The summed E-state index contributed by atoms with van der Waals surface area (Å²) in [5.74, 6) is 1.27. The number of ether oxygens (including phenoxy) is 1. The smallest absolute Gasteiger partial charge is 0.387 e. The molecule has 152 valence electrons. The van der Waals surface area contributed by atoms with E-state index in [-0.39, 0.29) is 16.7 Å². The second kappa shape index (κ2) is 9.54. The summed E-state index contributed by atoms with van der Waals surface area (Å²) in [4.78, 5) is 0. The van der Waals surface area contributed by atoms with Gasteiger partial charge in [0.1, 0.15) is 0 Å². The number of alkyl halides is 2. The lowest BCUT2D eigenvalue weighted by atomic mass is 9.68. The highest BCUT2D eigenvalue weighted by atomic mass is 35.5. The fourth-order valence-electron chi connectivity index (χ4n) is 5.34. The maximum absolute atomic E-state index is 14.3. The van der Waals surface area contributed by atoms with Gasteiger partial charge in [-0.1, -0.05) is 50.3 Å². The fourth-order valence-corrected chi connectivity index (χ4v) is 5.48. The van der Waals surface area contributed by atoms with Gasteiger partial charge in [0.15, 0.2) is 11.6 Å². The molecule has 27 heavy (non-hydrogen) atoms. The molecule has 0 atom stereocenters. The van der Waals surface area contributed by atoms with Gasteiger partial charge in [-0.25, -0.2) is 4.39 Å². The highest BCUT2D eigenvalue weighted by Crippen LogP contribution is 2.47. The zero-order valence-electron chi connectivity index (χ0n) is 16.0. The molecule has 0 radical (unpaired) electrons. The summed E-state index contributed by atoms with van der Waals surface area (Å²) >= 11 is 5.77. The Labute approximate surface area is 165 Å². The summed E-state index contributed by atoms with van der Waals surface area (Å²) in [5, 5.41) is -0.174. The second-order valence-electron chi connectivity index (χ2n) is 8.34. The van der Waals surface area contributed by atoms with Crippen LogP contribution in [0.5, 0.6) is 5.75 Å². The largest absolute Gasteiger partial charge is 0.431 e. The molecule has 2 saturated carbocycles. The van der Waals surface area contributed by atoms with Gasteiger partial charge >= 0.3 is 6.61 Å². The predicted octanol–water partition coefficient (Wildman–Crippen LogP) is 7.96. The SMILES string of the molecule is CCCC1CCC(C2CCC(c3ccc(Cl)c(F)c3OC(F)F)CC2)CC1. The van der Waals surface area contributed by atoms with E-state index in [9.17, 15) is 13.2 Å². The van der Waals surface area contributed by atoms with Crippen LogP contribution in [0.4, 0.5) is 13.2 Å². The zero-order valence-corrected chi connectivity index (χ0v) is 16.8. The van der Waals surface area contributed by atoms with E-state index >= 15 is 0 Å². The van der Waals surface area contributed by atoms with Crippen molar-refractivity contribution < 1.29 is 17.9 Å². The molecular formula is C22H30ClF3O. The average Bonchev–Trinajstić information content (AvgIpc) is 2.67. The maximum Gasteiger partial charge on any atom is 0.387 e. The monoisotopic (exact) mass is 402 g/mol. The summed E-state index contributed by atoms with van der Waals surface area (Å²) in [6.45, 7) is -0.787. The highest BCUT2D eigenvalue weighted by molar-refractivity contribution is 6.30. The Morgan fingerprint density at radius 2 is 1.59 bits per heavy atom. The molecule has 0 aromatic heterocycles. The van der Waals surface area contributed by atoms with E-state index in [4.69, 9.17) is 11.6 Å². The minimum absolute atomic E-state index is 0.0678. The fraction of sp³-hybridized carbons (Fsp3) is 0.727. The average molecular weight is 403 g/mol. The highest BCUT2D eigenvalue weighted by Gasteiger charge is 2.33. The van der Waals surface area contributed by atoms with Crippen molar-refractivity contribution in [1.82, 2.24) is 0 Å². The number of halogens is 4. The minimum atomic E-state index is -3.05. The van der Waals surface area contributed by atoms with E-state index in [0.717, 1.165) is 43.4 Å². The summed E-state index contributed by atoms with van der Waals surface area (Å²) in [7, 11) is 0. The maximum atomic E-state index is 14.3. The molecule has 0 bridgehead atoms. The van der Waals surface area contributed by atoms with Crippen molar-refractivity contribution in [3.05, 3.63) is 28.5 Å². The molecule has 0 unspecified atom stereocenters. The van der Waals surface area contributed by atoms with Gasteiger partial charge in [-0.15, -0.1) is 0 Å². The van der Waals surface area contributed by atoms with Crippen LogP contribution in [-0.2, 0) is 0 Å². The first-order valence-electron chi connectivity index (χ1n) is 10.4. The quantitative estimate of drug-likeness (QED) is 0.468. The van der Waals surface area contributed by atoms with Crippen molar-refractivity contribution in [3.8, 4) is 5.75 Å². The van der Waals surface area contributed by atoms with Gasteiger partial charge in [0, 0.05) is 5.56 Å². The van der Waals surface area contributed by atoms with Crippen molar-refractivity contribution in [2.24, 2.45) is 17.8 Å². The lowest BCUT2D eigenvalue weighted by Crippen LogP contribution is -2.25. The van der Waals surface area contributed by atoms with Gasteiger partial charge in [0.25, 0.3) is 0 Å². The molecule has 1 aromatic rings. The van der Waals surface area contributed by atoms with Crippen LogP contribution in [0, 0.1) is 23.6 Å². The molecule has 0 heterocycles. The molecule has 2 aliphatic carbocycles. The summed E-state index contributed by atoms with van der Waals surface area (Å²) in [5.41, 5.74) is 0.544. The van der Waals surface area contributed by atoms with Gasteiger partial charge in [0.05, 0.1) is 5.02 Å². The third-order valence-corrected chi connectivity index (χ3v) is 7.05. The van der Waals surface area contributed by atoms with Crippen LogP contribution in [0.3, 0.4) is 0 Å². The molecule has 1 aromatic carbocycles. The van der Waals surface area contributed by atoms with Gasteiger partial charge in [-0.2, -0.15) is 8.78 Å². The summed E-state index contributed by atoms with van der Waals surface area (Å²) in [6, 6.07) is 3.11. The van der Waals surface area contributed by atoms with Crippen molar-refractivity contribution in [3.63, 3.8) is 0 Å². The Morgan fingerprint density at radius 1 is 1.00 bits per heavy atom. The molecular weight excluding hydrogens is 373 g/mol. The molecule has 0 spiro atoms. The molecule has 0 saturated heterocycles. The number of hydrogen-bond acceptors (Lipinski definition) is 1. The van der Waals surface area contributed by atoms with Crippen LogP contribution >= 0.6 is 11.6 Å². The van der Waals surface area contributed by atoms with Gasteiger partial charge in [-0.05, 0) is 68.3 Å². The van der Waals surface area contributed by atoms with Crippen molar-refractivity contribution >= 4 is 11.6 Å². The van der Waals surface area contributed by atoms with E-state index in [2.05, 4.69) is 11.7 Å². The van der Waals surface area contributed by atoms with E-state index in [0.29, 0.717) is 5.56 Å². The van der Waals surface area contributed by atoms with E-state index in [1.807, 2.05) is 0 Å². The Hall–Kier alpha value is -0.900. The first kappa shape index (κ1) is 20.8. The minimum Gasteiger partial charge on any atom is -0.431 e. The molecule has 0 amide bonds. The Kier molecular flexibility index (Phi) is 7.35. The van der Waals surface area contributed by atoms with Crippen LogP contribution in [0.1, 0.15) is 82.6 Å². The number of benzene rings is 1. The third-order valence-electron chi connectivity index (χ3n) is 6.75. The second-order valence-corrected chi connectivity index (χ2v) is 8.75. The first-order chi connectivity index (χ1) is 13.0. The number of rotatable bonds is 6. The molecule has 5 heteroatoms. The summed E-state index contributed by atoms with van der Waals surface area (Å²) < 4.78 is 44.2. The molecule has 0 N–H and O–H groups in total. The van der Waals surface area contributed by atoms with Crippen LogP contribution in [0.25, 0.3) is 0 Å². The normalized spacial score (nSPS) is 29.1. The van der Waals surface area contributed by atoms with Crippen molar-refractivity contribution in [2.45, 2.75) is 83.7 Å². The standard InChI is InChI=1S/C22H30ClF3O/c1-2-3-14-4-6-15(7-5-14)16-8-10-17(11-9-16)18-12-13-19(23)20(24)21(18)27-22(25)26/h12-17,22H,2-11H2,1H3. The van der Waals surface area contributed by atoms with Crippen LogP contribution < -0.4 is 4.74 Å². The van der Waals surface area contributed by atoms with E-state index < -0.39 is 12.4 Å². The van der Waals surface area contributed by atoms with Crippen LogP contribution in [0.2, 0.25) is 5.02 Å². The Bertz CT molecular complexity index is 606. The molecule has 2 aliphatic rings. The zero-order chi connectivity index (χ0) is 19.4. The van der Waals surface area contributed by atoms with Crippen LogP contribution in [-0.4, -0.2) is 6.61 Å². The van der Waals surface area contributed by atoms with E-state index in [1.165, 1.54) is 44.6 Å². The molecule has 2 fully saturated rings. The van der Waals surface area contributed by atoms with Gasteiger partial charge in [-0.3, -0.25) is 0 Å². The van der Waals surface area contributed by atoms with Crippen molar-refractivity contribution in [2.75, 3.05) is 0 Å². The van der Waals surface area contributed by atoms with Gasteiger partial charge in [0.2, 0.25) is 0 Å². The van der Waals surface area contributed by atoms with Crippen molar-refractivity contribution in [1.29, 1.82) is 0 Å². The van der Waals surface area contributed by atoms with Crippen LogP contribution in [0.15, 0.2) is 12.1 Å². The summed E-state index contributed by atoms with van der Waals surface area (Å²) in [6.07, 6.45) is 12.0. The van der Waals surface area contributed by atoms with E-state index in [1.54, 1.807) is 6.07 Å². The Balaban J connectivity index is 1.60. The molecule has 3 rings (SSSR count).